The van der Waals surface area contributed by atoms with E-state index in [2.05, 4.69) is 42.6 Å². The predicted octanol–water partition coefficient (Wildman–Crippen LogP) is 3.88. The Hall–Kier alpha value is -2.04. The lowest BCUT2D eigenvalue weighted by molar-refractivity contribution is 0.0904. The number of rotatable bonds is 7. The van der Waals surface area contributed by atoms with Crippen LogP contribution in [0.3, 0.4) is 0 Å². The van der Waals surface area contributed by atoms with Crippen molar-refractivity contribution >= 4 is 0 Å². The summed E-state index contributed by atoms with van der Waals surface area (Å²) in [6.07, 6.45) is 1.29. The van der Waals surface area contributed by atoms with Crippen LogP contribution in [0.2, 0.25) is 0 Å². The van der Waals surface area contributed by atoms with Crippen molar-refractivity contribution in [3.05, 3.63) is 59.2 Å². The van der Waals surface area contributed by atoms with Crippen LogP contribution in [0.1, 0.15) is 29.2 Å². The van der Waals surface area contributed by atoms with Gasteiger partial charge in [-0.25, -0.2) is 0 Å². The van der Waals surface area contributed by atoms with Gasteiger partial charge < -0.3 is 19.5 Å². The first kappa shape index (κ1) is 17.8. The molecule has 0 aromatic heterocycles. The van der Waals surface area contributed by atoms with Gasteiger partial charge in [0.05, 0.1) is 20.3 Å². The highest BCUT2D eigenvalue weighted by Gasteiger charge is 2.29. The average Bonchev–Trinajstić information content (AvgIpc) is 3.12. The van der Waals surface area contributed by atoms with Crippen LogP contribution < -0.4 is 14.8 Å². The zero-order chi connectivity index (χ0) is 17.6. The molecule has 0 radical (unpaired) electrons. The fourth-order valence-corrected chi connectivity index (χ4v) is 3.46. The molecule has 0 amide bonds. The van der Waals surface area contributed by atoms with Crippen molar-refractivity contribution in [1.82, 2.24) is 5.32 Å². The molecule has 2 atom stereocenters. The average molecular weight is 341 g/mol. The van der Waals surface area contributed by atoms with Gasteiger partial charge in [-0.1, -0.05) is 30.3 Å². The molecule has 1 aliphatic rings. The molecule has 0 bridgehead atoms. The SMILES string of the molecule is COc1cc(C)c(CNCC2CCOC2c2ccccc2)cc1OC. The molecular weight excluding hydrogens is 314 g/mol. The third-order valence-corrected chi connectivity index (χ3v) is 4.91. The van der Waals surface area contributed by atoms with E-state index in [4.69, 9.17) is 14.2 Å². The van der Waals surface area contributed by atoms with Crippen molar-refractivity contribution in [3.63, 3.8) is 0 Å². The number of ether oxygens (including phenoxy) is 3. The van der Waals surface area contributed by atoms with E-state index < -0.39 is 0 Å². The van der Waals surface area contributed by atoms with Crippen LogP contribution in [0.15, 0.2) is 42.5 Å². The molecule has 2 aromatic rings. The Balaban J connectivity index is 1.61. The molecular formula is C21H27NO3. The van der Waals surface area contributed by atoms with Gasteiger partial charge in [-0.15, -0.1) is 0 Å². The zero-order valence-electron chi connectivity index (χ0n) is 15.2. The number of aryl methyl sites for hydroxylation is 1. The molecule has 1 heterocycles. The summed E-state index contributed by atoms with van der Waals surface area (Å²) in [4.78, 5) is 0. The quantitative estimate of drug-likeness (QED) is 0.830. The van der Waals surface area contributed by atoms with Gasteiger partial charge in [0.25, 0.3) is 0 Å². The van der Waals surface area contributed by atoms with Crippen molar-refractivity contribution in [1.29, 1.82) is 0 Å². The van der Waals surface area contributed by atoms with E-state index in [0.29, 0.717) is 5.92 Å². The summed E-state index contributed by atoms with van der Waals surface area (Å²) in [6, 6.07) is 14.6. The minimum absolute atomic E-state index is 0.195. The molecule has 4 nitrogen and oxygen atoms in total. The van der Waals surface area contributed by atoms with Gasteiger partial charge in [-0.3, -0.25) is 0 Å². The highest BCUT2D eigenvalue weighted by molar-refractivity contribution is 5.47. The Morgan fingerprint density at radius 2 is 1.80 bits per heavy atom. The van der Waals surface area contributed by atoms with Crippen molar-refractivity contribution in [3.8, 4) is 11.5 Å². The number of methoxy groups -OCH3 is 2. The fraction of sp³-hybridized carbons (Fsp3) is 0.429. The zero-order valence-corrected chi connectivity index (χ0v) is 15.2. The first-order valence-electron chi connectivity index (χ1n) is 8.81. The summed E-state index contributed by atoms with van der Waals surface area (Å²) in [7, 11) is 3.34. The molecule has 0 saturated carbocycles. The smallest absolute Gasteiger partial charge is 0.161 e. The molecule has 1 fully saturated rings. The first-order valence-corrected chi connectivity index (χ1v) is 8.81. The van der Waals surface area contributed by atoms with E-state index in [1.54, 1.807) is 14.2 Å². The molecule has 134 valence electrons. The van der Waals surface area contributed by atoms with Crippen LogP contribution in [0.25, 0.3) is 0 Å². The van der Waals surface area contributed by atoms with E-state index >= 15 is 0 Å². The highest BCUT2D eigenvalue weighted by Crippen LogP contribution is 2.34. The van der Waals surface area contributed by atoms with E-state index in [1.807, 2.05) is 12.1 Å². The topological polar surface area (TPSA) is 39.7 Å². The molecule has 1 N–H and O–H groups in total. The third kappa shape index (κ3) is 4.14. The van der Waals surface area contributed by atoms with E-state index in [9.17, 15) is 0 Å². The van der Waals surface area contributed by atoms with Crippen LogP contribution in [-0.2, 0) is 11.3 Å². The lowest BCUT2D eigenvalue weighted by Crippen LogP contribution is -2.25. The first-order chi connectivity index (χ1) is 12.2. The molecule has 0 aliphatic carbocycles. The highest BCUT2D eigenvalue weighted by atomic mass is 16.5. The van der Waals surface area contributed by atoms with Crippen molar-refractivity contribution in [2.45, 2.75) is 26.0 Å². The van der Waals surface area contributed by atoms with E-state index in [-0.39, 0.29) is 6.10 Å². The summed E-state index contributed by atoms with van der Waals surface area (Å²) >= 11 is 0. The Morgan fingerprint density at radius 3 is 2.52 bits per heavy atom. The van der Waals surface area contributed by atoms with Crippen molar-refractivity contribution in [2.24, 2.45) is 5.92 Å². The molecule has 2 aromatic carbocycles. The fourth-order valence-electron chi connectivity index (χ4n) is 3.46. The molecule has 25 heavy (non-hydrogen) atoms. The summed E-state index contributed by atoms with van der Waals surface area (Å²) < 4.78 is 16.7. The third-order valence-electron chi connectivity index (χ3n) is 4.91. The van der Waals surface area contributed by atoms with Gasteiger partial charge in [0.15, 0.2) is 11.5 Å². The second-order valence-electron chi connectivity index (χ2n) is 6.52. The summed E-state index contributed by atoms with van der Waals surface area (Å²) in [5.74, 6) is 2.05. The van der Waals surface area contributed by atoms with Crippen LogP contribution >= 0.6 is 0 Å². The minimum Gasteiger partial charge on any atom is -0.493 e. The van der Waals surface area contributed by atoms with E-state index in [1.165, 1.54) is 16.7 Å². The molecule has 1 saturated heterocycles. The van der Waals surface area contributed by atoms with Crippen LogP contribution in [0, 0.1) is 12.8 Å². The Kier molecular flexibility index (Phi) is 5.95. The maximum absolute atomic E-state index is 5.97. The summed E-state index contributed by atoms with van der Waals surface area (Å²) in [5.41, 5.74) is 3.70. The Morgan fingerprint density at radius 1 is 1.08 bits per heavy atom. The molecule has 3 rings (SSSR count). The lowest BCUT2D eigenvalue weighted by atomic mass is 9.95. The van der Waals surface area contributed by atoms with Crippen LogP contribution in [0.4, 0.5) is 0 Å². The largest absolute Gasteiger partial charge is 0.493 e. The van der Waals surface area contributed by atoms with Gasteiger partial charge in [-0.2, -0.15) is 0 Å². The number of hydrogen-bond acceptors (Lipinski definition) is 4. The second kappa shape index (κ2) is 8.37. The van der Waals surface area contributed by atoms with Crippen molar-refractivity contribution < 1.29 is 14.2 Å². The predicted molar refractivity (Wildman–Crippen MR) is 99.2 cm³/mol. The van der Waals surface area contributed by atoms with Crippen LogP contribution in [0.5, 0.6) is 11.5 Å². The van der Waals surface area contributed by atoms with Gasteiger partial charge in [0, 0.05) is 25.6 Å². The van der Waals surface area contributed by atoms with Gasteiger partial charge >= 0.3 is 0 Å². The summed E-state index contributed by atoms with van der Waals surface area (Å²) in [5, 5.41) is 3.60. The molecule has 0 spiro atoms. The number of nitrogens with one attached hydrogen (secondary N) is 1. The monoisotopic (exact) mass is 341 g/mol. The molecule has 2 unspecified atom stereocenters. The molecule has 4 heteroatoms. The normalized spacial score (nSPS) is 19.8. The summed E-state index contributed by atoms with van der Waals surface area (Å²) in [6.45, 7) is 4.68. The number of benzene rings is 2. The maximum atomic E-state index is 5.97. The lowest BCUT2D eigenvalue weighted by Gasteiger charge is -2.20. The van der Waals surface area contributed by atoms with Crippen molar-refractivity contribution in [2.75, 3.05) is 27.4 Å². The molecule has 1 aliphatic heterocycles. The van der Waals surface area contributed by atoms with E-state index in [0.717, 1.165) is 37.6 Å². The Labute approximate surface area is 150 Å². The Bertz CT molecular complexity index is 687. The standard InChI is InChI=1S/C21H27NO3/c1-15-11-19(23-2)20(24-3)12-18(15)14-22-13-17-9-10-25-21(17)16-7-5-4-6-8-16/h4-8,11-12,17,21-22H,9-10,13-14H2,1-3H3. The number of hydrogen-bond donors (Lipinski definition) is 1. The van der Waals surface area contributed by atoms with Gasteiger partial charge in [0.1, 0.15) is 0 Å². The second-order valence-corrected chi connectivity index (χ2v) is 6.52. The van der Waals surface area contributed by atoms with Crippen LogP contribution in [-0.4, -0.2) is 27.4 Å². The maximum Gasteiger partial charge on any atom is 0.161 e. The van der Waals surface area contributed by atoms with Gasteiger partial charge in [-0.05, 0) is 42.2 Å². The minimum atomic E-state index is 0.195. The van der Waals surface area contributed by atoms with Gasteiger partial charge in [0.2, 0.25) is 0 Å².